The van der Waals surface area contributed by atoms with Crippen LogP contribution in [0, 0.1) is 28.6 Å². The Morgan fingerprint density at radius 3 is 1.44 bits per heavy atom. The summed E-state index contributed by atoms with van der Waals surface area (Å²) in [6.45, 7) is 20.4. The minimum absolute atomic E-state index is 0.579. The van der Waals surface area contributed by atoms with Gasteiger partial charge in [0.05, 0.1) is 0 Å². The van der Waals surface area contributed by atoms with Gasteiger partial charge >= 0.3 is 0 Å². The summed E-state index contributed by atoms with van der Waals surface area (Å²) < 4.78 is 0. The molecule has 16 heavy (non-hydrogen) atoms. The summed E-state index contributed by atoms with van der Waals surface area (Å²) in [6, 6.07) is 0. The van der Waals surface area contributed by atoms with E-state index in [0.29, 0.717) is 10.8 Å². The molecule has 0 radical (unpaired) electrons. The van der Waals surface area contributed by atoms with E-state index in [1.807, 2.05) is 27.7 Å². The topological polar surface area (TPSA) is 0 Å². The second-order valence-electron chi connectivity index (χ2n) is 6.20. The Morgan fingerprint density at radius 2 is 1.19 bits per heavy atom. The van der Waals surface area contributed by atoms with Gasteiger partial charge in [-0.3, -0.25) is 0 Å². The molecule has 2 aliphatic carbocycles. The fourth-order valence-electron chi connectivity index (χ4n) is 3.85. The first kappa shape index (κ1) is 16.0. The van der Waals surface area contributed by atoms with Crippen LogP contribution in [-0.4, -0.2) is 0 Å². The van der Waals surface area contributed by atoms with E-state index in [0.717, 1.165) is 17.8 Å². The van der Waals surface area contributed by atoms with E-state index in [-0.39, 0.29) is 0 Å². The van der Waals surface area contributed by atoms with Crippen LogP contribution in [0.2, 0.25) is 0 Å². The molecule has 0 heterocycles. The highest BCUT2D eigenvalue weighted by atomic mass is 14.6. The standard InChI is InChI=1S/C12H22.2C2H6/c1-8-6-9-7-10(8)12(4,5)11(9,2)3;2*1-2/h8-10H,6-7H2,1-5H3;2*1-2H3. The van der Waals surface area contributed by atoms with Crippen LogP contribution in [0.1, 0.15) is 75.2 Å². The van der Waals surface area contributed by atoms with Crippen LogP contribution in [0.3, 0.4) is 0 Å². The van der Waals surface area contributed by atoms with Crippen molar-refractivity contribution in [3.8, 4) is 0 Å². The zero-order valence-corrected chi connectivity index (χ0v) is 13.1. The molecule has 3 atom stereocenters. The van der Waals surface area contributed by atoms with E-state index >= 15 is 0 Å². The van der Waals surface area contributed by atoms with E-state index in [1.165, 1.54) is 12.8 Å². The van der Waals surface area contributed by atoms with Gasteiger partial charge < -0.3 is 0 Å². The summed E-state index contributed by atoms with van der Waals surface area (Å²) in [5.41, 5.74) is 1.17. The Kier molecular flexibility index (Phi) is 5.56. The minimum Gasteiger partial charge on any atom is -0.0683 e. The Labute approximate surface area is 104 Å². The van der Waals surface area contributed by atoms with Gasteiger partial charge in [-0.15, -0.1) is 0 Å². The smallest absolute Gasteiger partial charge is 0.0269 e. The lowest BCUT2D eigenvalue weighted by atomic mass is 9.57. The van der Waals surface area contributed by atoms with Gasteiger partial charge in [0.25, 0.3) is 0 Å². The van der Waals surface area contributed by atoms with Crippen LogP contribution in [0.15, 0.2) is 0 Å². The minimum atomic E-state index is 0.579. The van der Waals surface area contributed by atoms with Crippen molar-refractivity contribution in [3.63, 3.8) is 0 Å². The molecule has 2 fully saturated rings. The molecule has 0 aliphatic heterocycles. The molecule has 0 aromatic carbocycles. The fourth-order valence-corrected chi connectivity index (χ4v) is 3.85. The highest BCUT2D eigenvalue weighted by Crippen LogP contribution is 2.67. The average Bonchev–Trinajstić information content (AvgIpc) is 2.72. The largest absolute Gasteiger partial charge is 0.0683 e. The van der Waals surface area contributed by atoms with Crippen molar-refractivity contribution in [2.24, 2.45) is 28.6 Å². The quantitative estimate of drug-likeness (QED) is 0.492. The molecule has 2 rings (SSSR count). The maximum absolute atomic E-state index is 2.48. The van der Waals surface area contributed by atoms with E-state index in [2.05, 4.69) is 34.6 Å². The normalized spacial score (nSPS) is 36.9. The SMILES string of the molecule is CC.CC.CC1CC2CC1C(C)(C)C2(C)C. The van der Waals surface area contributed by atoms with Gasteiger partial charge in [0, 0.05) is 0 Å². The summed E-state index contributed by atoms with van der Waals surface area (Å²) in [5, 5.41) is 0. The first-order valence-corrected chi connectivity index (χ1v) is 7.37. The molecule has 0 nitrogen and oxygen atoms in total. The predicted octanol–water partition coefficient (Wildman–Crippen LogP) is 5.77. The third-order valence-electron chi connectivity index (χ3n) is 5.49. The molecular weight excluding hydrogens is 192 g/mol. The van der Waals surface area contributed by atoms with Crippen molar-refractivity contribution < 1.29 is 0 Å². The number of hydrogen-bond donors (Lipinski definition) is 0. The van der Waals surface area contributed by atoms with Crippen molar-refractivity contribution in [1.29, 1.82) is 0 Å². The summed E-state index contributed by atoms with van der Waals surface area (Å²) in [5.74, 6) is 2.99. The van der Waals surface area contributed by atoms with Gasteiger partial charge in [-0.25, -0.2) is 0 Å². The maximum atomic E-state index is 2.48. The van der Waals surface area contributed by atoms with E-state index < -0.39 is 0 Å². The van der Waals surface area contributed by atoms with Crippen LogP contribution in [0.5, 0.6) is 0 Å². The van der Waals surface area contributed by atoms with Crippen LogP contribution in [-0.2, 0) is 0 Å². The molecule has 2 saturated carbocycles. The third kappa shape index (κ3) is 2.17. The second-order valence-corrected chi connectivity index (χ2v) is 6.20. The van der Waals surface area contributed by atoms with Crippen molar-refractivity contribution in [1.82, 2.24) is 0 Å². The van der Waals surface area contributed by atoms with Crippen LogP contribution in [0.25, 0.3) is 0 Å². The van der Waals surface area contributed by atoms with Gasteiger partial charge in [0.1, 0.15) is 0 Å². The molecule has 0 aromatic rings. The maximum Gasteiger partial charge on any atom is -0.0269 e. The highest BCUT2D eigenvalue weighted by molar-refractivity contribution is 5.08. The van der Waals surface area contributed by atoms with Gasteiger partial charge in [-0.1, -0.05) is 62.3 Å². The summed E-state index contributed by atoms with van der Waals surface area (Å²) in [6.07, 6.45) is 2.99. The molecular formula is C16H34. The summed E-state index contributed by atoms with van der Waals surface area (Å²) >= 11 is 0. The lowest BCUT2D eigenvalue weighted by Crippen LogP contribution is -2.40. The highest BCUT2D eigenvalue weighted by Gasteiger charge is 2.59. The first-order valence-electron chi connectivity index (χ1n) is 7.37. The number of rotatable bonds is 0. The van der Waals surface area contributed by atoms with Gasteiger partial charge in [-0.05, 0) is 41.4 Å². The molecule has 0 aromatic heterocycles. The van der Waals surface area contributed by atoms with Crippen molar-refractivity contribution in [2.45, 2.75) is 75.2 Å². The Bertz CT molecular complexity index is 200. The van der Waals surface area contributed by atoms with Crippen molar-refractivity contribution in [2.75, 3.05) is 0 Å². The second kappa shape index (κ2) is 5.56. The van der Waals surface area contributed by atoms with E-state index in [9.17, 15) is 0 Å². The van der Waals surface area contributed by atoms with Gasteiger partial charge in [0.2, 0.25) is 0 Å². The van der Waals surface area contributed by atoms with Gasteiger partial charge in [-0.2, -0.15) is 0 Å². The lowest BCUT2D eigenvalue weighted by Gasteiger charge is -2.47. The first-order chi connectivity index (χ1) is 7.37. The molecule has 0 N–H and O–H groups in total. The fraction of sp³-hybridized carbons (Fsp3) is 1.00. The lowest BCUT2D eigenvalue weighted by molar-refractivity contribution is 0.0119. The predicted molar refractivity (Wildman–Crippen MR) is 75.6 cm³/mol. The summed E-state index contributed by atoms with van der Waals surface area (Å²) in [7, 11) is 0. The van der Waals surface area contributed by atoms with Crippen molar-refractivity contribution in [3.05, 3.63) is 0 Å². The van der Waals surface area contributed by atoms with E-state index in [1.54, 1.807) is 0 Å². The number of hydrogen-bond acceptors (Lipinski definition) is 0. The van der Waals surface area contributed by atoms with E-state index in [4.69, 9.17) is 0 Å². The molecule has 2 aliphatic rings. The zero-order valence-electron chi connectivity index (χ0n) is 13.1. The summed E-state index contributed by atoms with van der Waals surface area (Å²) in [4.78, 5) is 0. The molecule has 0 heteroatoms. The molecule has 3 unspecified atom stereocenters. The Morgan fingerprint density at radius 1 is 0.750 bits per heavy atom. The average molecular weight is 226 g/mol. The third-order valence-corrected chi connectivity index (χ3v) is 5.49. The van der Waals surface area contributed by atoms with Crippen LogP contribution < -0.4 is 0 Å². The van der Waals surface area contributed by atoms with Gasteiger partial charge in [0.15, 0.2) is 0 Å². The molecule has 0 spiro atoms. The molecule has 0 amide bonds. The van der Waals surface area contributed by atoms with Crippen LogP contribution >= 0.6 is 0 Å². The Balaban J connectivity index is 0.000000509. The van der Waals surface area contributed by atoms with Crippen LogP contribution in [0.4, 0.5) is 0 Å². The molecule has 0 saturated heterocycles. The molecule has 2 bridgehead atoms. The monoisotopic (exact) mass is 226 g/mol. The van der Waals surface area contributed by atoms with Crippen molar-refractivity contribution >= 4 is 0 Å². The zero-order chi connectivity index (χ0) is 13.1. The molecule has 98 valence electrons. The Hall–Kier alpha value is 0. The number of fused-ring (bicyclic) bond motifs is 2.